The maximum absolute atomic E-state index is 11.9. The fourth-order valence-electron chi connectivity index (χ4n) is 2.01. The van der Waals surface area contributed by atoms with Gasteiger partial charge < -0.3 is 9.64 Å². The first-order valence-corrected chi connectivity index (χ1v) is 6.08. The van der Waals surface area contributed by atoms with Crippen molar-refractivity contribution < 1.29 is 9.53 Å². The van der Waals surface area contributed by atoms with Crippen LogP contribution in [0, 0.1) is 11.3 Å². The summed E-state index contributed by atoms with van der Waals surface area (Å²) in [4.78, 5) is 13.9. The van der Waals surface area contributed by atoms with E-state index in [0.717, 1.165) is 5.56 Å². The minimum Gasteiger partial charge on any atom is -0.459 e. The van der Waals surface area contributed by atoms with Crippen LogP contribution in [0.3, 0.4) is 0 Å². The monoisotopic (exact) mass is 256 g/mol. The van der Waals surface area contributed by atoms with Crippen LogP contribution < -0.4 is 0 Å². The third-order valence-corrected chi connectivity index (χ3v) is 3.40. The molecule has 1 aromatic rings. The van der Waals surface area contributed by atoms with E-state index in [-0.39, 0.29) is 17.7 Å². The molecule has 0 aliphatic carbocycles. The molecule has 2 rings (SSSR count). The van der Waals surface area contributed by atoms with Gasteiger partial charge in [-0.3, -0.25) is 0 Å². The molecule has 0 amide bonds. The summed E-state index contributed by atoms with van der Waals surface area (Å²) in [5.74, 6) is -0.557. The van der Waals surface area contributed by atoms with Crippen LogP contribution in [0.15, 0.2) is 35.9 Å². The fraction of sp³-hybridized carbons (Fsp3) is 0.333. The number of carbonyl (C=O) groups is 1. The Morgan fingerprint density at radius 1 is 1.32 bits per heavy atom. The van der Waals surface area contributed by atoms with Crippen LogP contribution in [-0.2, 0) is 9.53 Å². The van der Waals surface area contributed by atoms with E-state index in [2.05, 4.69) is 0 Å². The molecule has 1 aliphatic rings. The highest BCUT2D eigenvalue weighted by Gasteiger charge is 2.35. The number of esters is 1. The van der Waals surface area contributed by atoms with Gasteiger partial charge in [0.25, 0.3) is 0 Å². The molecule has 98 valence electrons. The standard InChI is InChI=1S/C15H16N2O2/c1-15(2)10-19-14(18)12(9-16)13(17(15)3)11-7-5-4-6-8-11/h4-8H,10H2,1-3H3. The highest BCUT2D eigenvalue weighted by Crippen LogP contribution is 2.31. The second-order valence-electron chi connectivity index (χ2n) is 5.15. The van der Waals surface area contributed by atoms with Gasteiger partial charge in [0.1, 0.15) is 12.7 Å². The SMILES string of the molecule is CN1C(c2ccccc2)=C(C#N)C(=O)OCC1(C)C. The van der Waals surface area contributed by atoms with E-state index in [0.29, 0.717) is 5.70 Å². The molecule has 0 radical (unpaired) electrons. The predicted octanol–water partition coefficient (Wildman–Crippen LogP) is 2.19. The molecule has 0 spiro atoms. The number of nitriles is 1. The number of rotatable bonds is 1. The van der Waals surface area contributed by atoms with Crippen LogP contribution in [0.2, 0.25) is 0 Å². The molecule has 1 aromatic carbocycles. The van der Waals surface area contributed by atoms with E-state index >= 15 is 0 Å². The summed E-state index contributed by atoms with van der Waals surface area (Å²) in [5.41, 5.74) is 1.16. The first-order valence-electron chi connectivity index (χ1n) is 6.08. The van der Waals surface area contributed by atoms with E-state index in [1.807, 2.05) is 62.2 Å². The van der Waals surface area contributed by atoms with Gasteiger partial charge in [0, 0.05) is 7.05 Å². The van der Waals surface area contributed by atoms with Gasteiger partial charge in [-0.1, -0.05) is 30.3 Å². The van der Waals surface area contributed by atoms with E-state index < -0.39 is 5.97 Å². The molecular weight excluding hydrogens is 240 g/mol. The number of hydrogen-bond donors (Lipinski definition) is 0. The zero-order chi connectivity index (χ0) is 14.0. The lowest BCUT2D eigenvalue weighted by Crippen LogP contribution is -2.42. The Bertz CT molecular complexity index is 568. The molecule has 0 fully saturated rings. The number of ether oxygens (including phenoxy) is 1. The number of likely N-dealkylation sites (N-methyl/N-ethyl adjacent to an activating group) is 1. The molecule has 0 N–H and O–H groups in total. The summed E-state index contributed by atoms with van der Waals surface area (Å²) in [6.45, 7) is 4.21. The lowest BCUT2D eigenvalue weighted by Gasteiger charge is -2.36. The van der Waals surface area contributed by atoms with Gasteiger partial charge in [-0.05, 0) is 19.4 Å². The molecule has 0 unspecified atom stereocenters. The first-order chi connectivity index (χ1) is 8.97. The molecule has 0 aromatic heterocycles. The second-order valence-corrected chi connectivity index (χ2v) is 5.15. The lowest BCUT2D eigenvalue weighted by atomic mass is 10.00. The van der Waals surface area contributed by atoms with Gasteiger partial charge in [0.05, 0.1) is 11.2 Å². The molecule has 0 atom stereocenters. The summed E-state index contributed by atoms with van der Waals surface area (Å²) in [5, 5.41) is 9.27. The largest absolute Gasteiger partial charge is 0.459 e. The molecule has 19 heavy (non-hydrogen) atoms. The highest BCUT2D eigenvalue weighted by atomic mass is 16.5. The molecule has 0 saturated heterocycles. The molecule has 0 bridgehead atoms. The van der Waals surface area contributed by atoms with Crippen molar-refractivity contribution in [2.24, 2.45) is 0 Å². The highest BCUT2D eigenvalue weighted by molar-refractivity contribution is 6.01. The number of carbonyl (C=O) groups excluding carboxylic acids is 1. The fourth-order valence-corrected chi connectivity index (χ4v) is 2.01. The van der Waals surface area contributed by atoms with Gasteiger partial charge in [-0.15, -0.1) is 0 Å². The predicted molar refractivity (Wildman–Crippen MR) is 71.8 cm³/mol. The van der Waals surface area contributed by atoms with Gasteiger partial charge >= 0.3 is 5.97 Å². The molecule has 4 nitrogen and oxygen atoms in total. The normalized spacial score (nSPS) is 18.6. The van der Waals surface area contributed by atoms with E-state index in [1.54, 1.807) is 0 Å². The molecule has 4 heteroatoms. The van der Waals surface area contributed by atoms with Crippen LogP contribution in [0.25, 0.3) is 5.70 Å². The van der Waals surface area contributed by atoms with Crippen molar-refractivity contribution in [1.82, 2.24) is 4.90 Å². The maximum atomic E-state index is 11.9. The van der Waals surface area contributed by atoms with Crippen molar-refractivity contribution in [3.63, 3.8) is 0 Å². The second kappa shape index (κ2) is 4.77. The summed E-state index contributed by atoms with van der Waals surface area (Å²) in [6.07, 6.45) is 0. The van der Waals surface area contributed by atoms with Crippen LogP contribution in [0.4, 0.5) is 0 Å². The van der Waals surface area contributed by atoms with E-state index in [1.165, 1.54) is 0 Å². The number of benzene rings is 1. The van der Waals surface area contributed by atoms with Gasteiger partial charge in [-0.25, -0.2) is 4.79 Å². The topological polar surface area (TPSA) is 53.3 Å². The summed E-state index contributed by atoms with van der Waals surface area (Å²) in [6, 6.07) is 11.4. The van der Waals surface area contributed by atoms with E-state index in [9.17, 15) is 10.1 Å². The first kappa shape index (κ1) is 13.2. The van der Waals surface area contributed by atoms with Gasteiger partial charge in [0.2, 0.25) is 0 Å². The Kier molecular flexibility index (Phi) is 3.30. The quantitative estimate of drug-likeness (QED) is 0.723. The minimum atomic E-state index is -0.557. The van der Waals surface area contributed by atoms with E-state index in [4.69, 9.17) is 4.74 Å². The number of cyclic esters (lactones) is 1. The Balaban J connectivity index is 2.67. The molecule has 1 heterocycles. The van der Waals surface area contributed by atoms with Gasteiger partial charge in [0.15, 0.2) is 5.57 Å². The van der Waals surface area contributed by atoms with Crippen LogP contribution in [0.1, 0.15) is 19.4 Å². The third kappa shape index (κ3) is 2.32. The Hall–Kier alpha value is -2.28. The summed E-state index contributed by atoms with van der Waals surface area (Å²) >= 11 is 0. The Labute approximate surface area is 112 Å². The summed E-state index contributed by atoms with van der Waals surface area (Å²) in [7, 11) is 1.88. The Morgan fingerprint density at radius 2 is 1.95 bits per heavy atom. The minimum absolute atomic E-state index is 0.0549. The maximum Gasteiger partial charge on any atom is 0.351 e. The zero-order valence-corrected chi connectivity index (χ0v) is 11.3. The third-order valence-electron chi connectivity index (χ3n) is 3.40. The average molecular weight is 256 g/mol. The average Bonchev–Trinajstić information content (AvgIpc) is 2.49. The summed E-state index contributed by atoms with van der Waals surface area (Å²) < 4.78 is 5.18. The van der Waals surface area contributed by atoms with Crippen LogP contribution in [0.5, 0.6) is 0 Å². The van der Waals surface area contributed by atoms with Crippen molar-refractivity contribution in [3.8, 4) is 6.07 Å². The van der Waals surface area contributed by atoms with Crippen molar-refractivity contribution in [1.29, 1.82) is 5.26 Å². The molecule has 0 saturated carbocycles. The number of hydrogen-bond acceptors (Lipinski definition) is 4. The molecular formula is C15H16N2O2. The van der Waals surface area contributed by atoms with Gasteiger partial charge in [-0.2, -0.15) is 5.26 Å². The smallest absolute Gasteiger partial charge is 0.351 e. The van der Waals surface area contributed by atoms with Crippen molar-refractivity contribution >= 4 is 11.7 Å². The van der Waals surface area contributed by atoms with Crippen molar-refractivity contribution in [2.75, 3.05) is 13.7 Å². The zero-order valence-electron chi connectivity index (χ0n) is 11.3. The van der Waals surface area contributed by atoms with Crippen LogP contribution >= 0.6 is 0 Å². The molecule has 1 aliphatic heterocycles. The van der Waals surface area contributed by atoms with Crippen LogP contribution in [-0.4, -0.2) is 30.1 Å². The number of nitrogens with zero attached hydrogens (tertiary/aromatic N) is 2. The van der Waals surface area contributed by atoms with Crippen molar-refractivity contribution in [3.05, 3.63) is 41.5 Å². The van der Waals surface area contributed by atoms with Crippen molar-refractivity contribution in [2.45, 2.75) is 19.4 Å². The Morgan fingerprint density at radius 3 is 2.53 bits per heavy atom. The lowest BCUT2D eigenvalue weighted by molar-refractivity contribution is -0.140.